The zero-order valence-electron chi connectivity index (χ0n) is 11.8. The number of aliphatic hydroxyl groups excluding tert-OH is 1. The number of sulfonamides is 1. The van der Waals surface area contributed by atoms with Gasteiger partial charge in [0, 0.05) is 6.54 Å². The van der Waals surface area contributed by atoms with Gasteiger partial charge >= 0.3 is 0 Å². The predicted molar refractivity (Wildman–Crippen MR) is 70.9 cm³/mol. The molecular weight excluding hydrogens is 294 g/mol. The number of nitrogens with one attached hydrogen (secondary N) is 1. The molecule has 0 fully saturated rings. The minimum atomic E-state index is -3.64. The zero-order chi connectivity index (χ0) is 15.9. The summed E-state index contributed by atoms with van der Waals surface area (Å²) in [7, 11) is -3.64. The highest BCUT2D eigenvalue weighted by molar-refractivity contribution is 7.88. The Hall–Kier alpha value is -0.800. The van der Waals surface area contributed by atoms with Crippen LogP contribution < -0.4 is 4.72 Å². The molecule has 0 saturated carbocycles. The van der Waals surface area contributed by atoms with Gasteiger partial charge in [-0.1, -0.05) is 13.8 Å². The molecule has 0 aromatic heterocycles. The van der Waals surface area contributed by atoms with Crippen molar-refractivity contribution in [3.63, 3.8) is 0 Å². The Labute approximate surface area is 118 Å². The maximum Gasteiger partial charge on any atom is 0.255 e. The Morgan fingerprint density at radius 2 is 1.90 bits per heavy atom. The van der Waals surface area contributed by atoms with Gasteiger partial charge in [-0.05, 0) is 12.3 Å². The van der Waals surface area contributed by atoms with E-state index in [1.807, 2.05) is 0 Å². The molecule has 0 aliphatic rings. The second kappa shape index (κ2) is 8.48. The lowest BCUT2D eigenvalue weighted by Gasteiger charge is -2.27. The van der Waals surface area contributed by atoms with Crippen molar-refractivity contribution < 1.29 is 27.1 Å². The quantitative estimate of drug-likeness (QED) is 0.629. The van der Waals surface area contributed by atoms with Gasteiger partial charge in [0.1, 0.15) is 6.04 Å². The standard InChI is InChI=1S/C11H22F2N2O4S/c1-8(2)6-9(14-20(3,18)19)11(17)15(4-5-16)7-10(12)13/h8-10,14,16H,4-7H2,1-3H3. The van der Waals surface area contributed by atoms with Crippen LogP contribution in [0.15, 0.2) is 0 Å². The second-order valence-electron chi connectivity index (χ2n) is 4.97. The van der Waals surface area contributed by atoms with Crippen molar-refractivity contribution >= 4 is 15.9 Å². The van der Waals surface area contributed by atoms with Crippen LogP contribution in [0.1, 0.15) is 20.3 Å². The SMILES string of the molecule is CC(C)CC(NS(C)(=O)=O)C(=O)N(CCO)CC(F)F. The first-order valence-electron chi connectivity index (χ1n) is 6.22. The third-order valence-electron chi connectivity index (χ3n) is 2.40. The molecule has 0 bridgehead atoms. The van der Waals surface area contributed by atoms with Crippen LogP contribution in [-0.2, 0) is 14.8 Å². The van der Waals surface area contributed by atoms with Crippen molar-refractivity contribution in [1.82, 2.24) is 9.62 Å². The van der Waals surface area contributed by atoms with Gasteiger partial charge in [-0.3, -0.25) is 4.79 Å². The fourth-order valence-corrected chi connectivity index (χ4v) is 2.44. The van der Waals surface area contributed by atoms with Gasteiger partial charge < -0.3 is 10.0 Å². The predicted octanol–water partition coefficient (Wildman–Crippen LogP) is 0.0363. The number of nitrogens with zero attached hydrogens (tertiary/aromatic N) is 1. The van der Waals surface area contributed by atoms with E-state index in [1.165, 1.54) is 0 Å². The molecule has 0 heterocycles. The number of aliphatic hydroxyl groups is 1. The molecule has 0 rings (SSSR count). The van der Waals surface area contributed by atoms with Crippen LogP contribution in [0.5, 0.6) is 0 Å². The van der Waals surface area contributed by atoms with E-state index in [4.69, 9.17) is 5.11 Å². The number of amides is 1. The molecule has 1 atom stereocenters. The molecule has 0 aliphatic heterocycles. The highest BCUT2D eigenvalue weighted by Gasteiger charge is 2.28. The summed E-state index contributed by atoms with van der Waals surface area (Å²) < 4.78 is 49.5. The number of carbonyl (C=O) groups excluding carboxylic acids is 1. The first-order valence-corrected chi connectivity index (χ1v) is 8.11. The van der Waals surface area contributed by atoms with Crippen LogP contribution in [0, 0.1) is 5.92 Å². The van der Waals surface area contributed by atoms with E-state index < -0.39 is 41.5 Å². The van der Waals surface area contributed by atoms with Gasteiger partial charge in [-0.2, -0.15) is 0 Å². The Bertz CT molecular complexity index is 401. The molecule has 0 spiro atoms. The largest absolute Gasteiger partial charge is 0.395 e. The van der Waals surface area contributed by atoms with Crippen LogP contribution in [0.4, 0.5) is 8.78 Å². The maximum absolute atomic E-state index is 12.4. The Morgan fingerprint density at radius 3 is 2.25 bits per heavy atom. The topological polar surface area (TPSA) is 86.7 Å². The van der Waals surface area contributed by atoms with E-state index >= 15 is 0 Å². The van der Waals surface area contributed by atoms with E-state index in [0.29, 0.717) is 0 Å². The summed E-state index contributed by atoms with van der Waals surface area (Å²) in [5, 5.41) is 8.82. The Kier molecular flexibility index (Phi) is 8.14. The molecule has 0 aliphatic carbocycles. The van der Waals surface area contributed by atoms with E-state index in [1.54, 1.807) is 13.8 Å². The average molecular weight is 316 g/mol. The summed E-state index contributed by atoms with van der Waals surface area (Å²) in [6.45, 7) is 2.01. The smallest absolute Gasteiger partial charge is 0.255 e. The van der Waals surface area contributed by atoms with Crippen LogP contribution in [0.3, 0.4) is 0 Å². The molecule has 120 valence electrons. The van der Waals surface area contributed by atoms with Crippen molar-refractivity contribution in [2.45, 2.75) is 32.7 Å². The molecule has 20 heavy (non-hydrogen) atoms. The van der Waals surface area contributed by atoms with Crippen molar-refractivity contribution in [2.24, 2.45) is 5.92 Å². The van der Waals surface area contributed by atoms with Crippen LogP contribution in [0.25, 0.3) is 0 Å². The second-order valence-corrected chi connectivity index (χ2v) is 6.75. The number of rotatable bonds is 9. The van der Waals surface area contributed by atoms with E-state index in [0.717, 1.165) is 11.2 Å². The molecule has 0 aromatic carbocycles. The van der Waals surface area contributed by atoms with Gasteiger partial charge in [-0.25, -0.2) is 21.9 Å². The lowest BCUT2D eigenvalue weighted by atomic mass is 10.0. The van der Waals surface area contributed by atoms with E-state index in [2.05, 4.69) is 4.72 Å². The first-order chi connectivity index (χ1) is 9.06. The highest BCUT2D eigenvalue weighted by Crippen LogP contribution is 2.10. The van der Waals surface area contributed by atoms with E-state index in [-0.39, 0.29) is 18.9 Å². The summed E-state index contributed by atoms with van der Waals surface area (Å²) in [5.41, 5.74) is 0. The molecule has 0 saturated heterocycles. The monoisotopic (exact) mass is 316 g/mol. The lowest BCUT2D eigenvalue weighted by Crippen LogP contribution is -2.50. The van der Waals surface area contributed by atoms with Gasteiger partial charge in [0.25, 0.3) is 6.43 Å². The summed E-state index contributed by atoms with van der Waals surface area (Å²) >= 11 is 0. The van der Waals surface area contributed by atoms with E-state index in [9.17, 15) is 22.0 Å². The van der Waals surface area contributed by atoms with Gasteiger partial charge in [-0.15, -0.1) is 0 Å². The number of hydrogen-bond donors (Lipinski definition) is 2. The minimum Gasteiger partial charge on any atom is -0.395 e. The van der Waals surface area contributed by atoms with Gasteiger partial charge in [0.2, 0.25) is 15.9 Å². The fraction of sp³-hybridized carbons (Fsp3) is 0.909. The van der Waals surface area contributed by atoms with Gasteiger partial charge in [0.05, 0.1) is 19.4 Å². The molecule has 0 radical (unpaired) electrons. The number of alkyl halides is 2. The summed E-state index contributed by atoms with van der Waals surface area (Å²) in [6, 6.07) is -1.10. The van der Waals surface area contributed by atoms with Gasteiger partial charge in [0.15, 0.2) is 0 Å². The molecule has 0 aromatic rings. The number of carbonyl (C=O) groups is 1. The number of hydrogen-bond acceptors (Lipinski definition) is 4. The highest BCUT2D eigenvalue weighted by atomic mass is 32.2. The average Bonchev–Trinajstić information content (AvgIpc) is 2.23. The summed E-state index contributed by atoms with van der Waals surface area (Å²) in [5.74, 6) is -0.751. The van der Waals surface area contributed by atoms with Crippen molar-refractivity contribution in [1.29, 1.82) is 0 Å². The minimum absolute atomic E-state index is 0.000673. The maximum atomic E-state index is 12.4. The molecular formula is C11H22F2N2O4S. The third kappa shape index (κ3) is 8.39. The summed E-state index contributed by atoms with van der Waals surface area (Å²) in [4.78, 5) is 12.9. The molecule has 6 nitrogen and oxygen atoms in total. The van der Waals surface area contributed by atoms with Crippen LogP contribution in [0.2, 0.25) is 0 Å². The van der Waals surface area contributed by atoms with Crippen molar-refractivity contribution in [2.75, 3.05) is 26.0 Å². The Balaban J connectivity index is 5.04. The lowest BCUT2D eigenvalue weighted by molar-refractivity contribution is -0.135. The van der Waals surface area contributed by atoms with Crippen LogP contribution >= 0.6 is 0 Å². The molecule has 1 unspecified atom stereocenters. The third-order valence-corrected chi connectivity index (χ3v) is 3.11. The first kappa shape index (κ1) is 19.2. The molecule has 9 heteroatoms. The number of halogens is 2. The normalized spacial score (nSPS) is 13.8. The zero-order valence-corrected chi connectivity index (χ0v) is 12.7. The van der Waals surface area contributed by atoms with Crippen LogP contribution in [-0.4, -0.2) is 62.8 Å². The molecule has 1 amide bonds. The fourth-order valence-electron chi connectivity index (χ4n) is 1.73. The summed E-state index contributed by atoms with van der Waals surface area (Å²) in [6.07, 6.45) is -1.66. The molecule has 2 N–H and O–H groups in total. The van der Waals surface area contributed by atoms with Crippen molar-refractivity contribution in [3.8, 4) is 0 Å². The van der Waals surface area contributed by atoms with Crippen molar-refractivity contribution in [3.05, 3.63) is 0 Å². The Morgan fingerprint density at radius 1 is 1.35 bits per heavy atom.